The van der Waals surface area contributed by atoms with E-state index in [9.17, 15) is 0 Å². The number of hydrogen-bond donors (Lipinski definition) is 2. The van der Waals surface area contributed by atoms with E-state index in [4.69, 9.17) is 9.84 Å². The van der Waals surface area contributed by atoms with E-state index in [1.54, 1.807) is 6.07 Å². The summed E-state index contributed by atoms with van der Waals surface area (Å²) in [5.74, 6) is 1.59. The van der Waals surface area contributed by atoms with E-state index in [2.05, 4.69) is 26.5 Å². The number of hydrogen-bond acceptors (Lipinski definition) is 6. The summed E-state index contributed by atoms with van der Waals surface area (Å²) in [6.45, 7) is 7.02. The van der Waals surface area contributed by atoms with Crippen LogP contribution in [0.3, 0.4) is 0 Å². The number of piperidine rings is 1. The number of aromatic nitrogens is 2. The van der Waals surface area contributed by atoms with E-state index in [0.717, 1.165) is 62.6 Å². The maximum Gasteiger partial charge on any atom is 0.158 e. The van der Waals surface area contributed by atoms with Gasteiger partial charge in [-0.15, -0.1) is 0 Å². The standard InChI is InChI=1S/C21H30FN5OS/c1-2-14-29-25-19-5-3-4-17(20(19)22)18-15-27(16-6-8-23-9-7-16)24-21(18)26-10-12-28-13-11-26/h3-5,15-16,23,25H,2,6-14H2,1H3. The summed E-state index contributed by atoms with van der Waals surface area (Å²) in [6.07, 6.45) is 5.17. The largest absolute Gasteiger partial charge is 0.378 e. The van der Waals surface area contributed by atoms with E-state index in [1.807, 2.05) is 18.3 Å². The van der Waals surface area contributed by atoms with Gasteiger partial charge in [-0.2, -0.15) is 5.10 Å². The van der Waals surface area contributed by atoms with E-state index < -0.39 is 0 Å². The summed E-state index contributed by atoms with van der Waals surface area (Å²) >= 11 is 1.54. The molecule has 0 radical (unpaired) electrons. The molecule has 1 aromatic carbocycles. The van der Waals surface area contributed by atoms with E-state index in [0.29, 0.717) is 30.5 Å². The van der Waals surface area contributed by atoms with Crippen LogP contribution in [0.1, 0.15) is 32.2 Å². The Morgan fingerprint density at radius 2 is 2.03 bits per heavy atom. The van der Waals surface area contributed by atoms with Crippen molar-refractivity contribution in [2.24, 2.45) is 0 Å². The number of nitrogens with zero attached hydrogens (tertiary/aromatic N) is 3. The predicted octanol–water partition coefficient (Wildman–Crippen LogP) is 3.92. The van der Waals surface area contributed by atoms with Gasteiger partial charge in [0.05, 0.1) is 24.9 Å². The van der Waals surface area contributed by atoms with E-state index >= 15 is 4.39 Å². The van der Waals surface area contributed by atoms with Gasteiger partial charge in [-0.3, -0.25) is 4.68 Å². The summed E-state index contributed by atoms with van der Waals surface area (Å²) in [7, 11) is 0. The minimum Gasteiger partial charge on any atom is -0.378 e. The van der Waals surface area contributed by atoms with Gasteiger partial charge >= 0.3 is 0 Å². The van der Waals surface area contributed by atoms with Crippen molar-refractivity contribution in [3.05, 3.63) is 30.2 Å². The minimum atomic E-state index is -0.213. The number of anilines is 2. The Morgan fingerprint density at radius 1 is 1.24 bits per heavy atom. The molecule has 2 saturated heterocycles. The first-order valence-corrected chi connectivity index (χ1v) is 11.6. The highest BCUT2D eigenvalue weighted by molar-refractivity contribution is 8.00. The van der Waals surface area contributed by atoms with Crippen LogP contribution in [0.25, 0.3) is 11.1 Å². The zero-order chi connectivity index (χ0) is 20.1. The molecule has 0 bridgehead atoms. The summed E-state index contributed by atoms with van der Waals surface area (Å²) in [5, 5.41) is 8.35. The molecule has 29 heavy (non-hydrogen) atoms. The average Bonchev–Trinajstić information content (AvgIpc) is 3.22. The molecule has 2 aromatic rings. The molecule has 0 saturated carbocycles. The quantitative estimate of drug-likeness (QED) is 0.524. The number of rotatable bonds is 7. The molecule has 0 aliphatic carbocycles. The second-order valence-electron chi connectivity index (χ2n) is 7.54. The lowest BCUT2D eigenvalue weighted by molar-refractivity contribution is 0.122. The van der Waals surface area contributed by atoms with Gasteiger partial charge in [0, 0.05) is 36.2 Å². The maximum atomic E-state index is 15.4. The fraction of sp³-hybridized carbons (Fsp3) is 0.571. The molecule has 2 aliphatic rings. The predicted molar refractivity (Wildman–Crippen MR) is 118 cm³/mol. The smallest absolute Gasteiger partial charge is 0.158 e. The van der Waals surface area contributed by atoms with Crippen molar-refractivity contribution in [2.45, 2.75) is 32.2 Å². The van der Waals surface area contributed by atoms with E-state index in [1.165, 1.54) is 11.9 Å². The van der Waals surface area contributed by atoms with Crippen molar-refractivity contribution >= 4 is 23.5 Å². The van der Waals surface area contributed by atoms with Crippen molar-refractivity contribution in [1.29, 1.82) is 0 Å². The maximum absolute atomic E-state index is 15.4. The van der Waals surface area contributed by atoms with Gasteiger partial charge < -0.3 is 19.7 Å². The van der Waals surface area contributed by atoms with Gasteiger partial charge in [-0.05, 0) is 38.4 Å². The second kappa shape index (κ2) is 9.82. The van der Waals surface area contributed by atoms with Crippen LogP contribution in [0.15, 0.2) is 24.4 Å². The molecule has 4 rings (SSSR count). The van der Waals surface area contributed by atoms with Gasteiger partial charge in [0.1, 0.15) is 0 Å². The zero-order valence-electron chi connectivity index (χ0n) is 17.0. The van der Waals surface area contributed by atoms with Crippen molar-refractivity contribution < 1.29 is 9.13 Å². The van der Waals surface area contributed by atoms with Crippen LogP contribution in [0.5, 0.6) is 0 Å². The second-order valence-corrected chi connectivity index (χ2v) is 8.45. The van der Waals surface area contributed by atoms with Crippen LogP contribution in [0.2, 0.25) is 0 Å². The number of morpholine rings is 1. The van der Waals surface area contributed by atoms with Crippen molar-refractivity contribution in [1.82, 2.24) is 15.1 Å². The highest BCUT2D eigenvalue weighted by atomic mass is 32.2. The molecule has 0 amide bonds. The fourth-order valence-electron chi connectivity index (χ4n) is 3.89. The number of ether oxygens (including phenoxy) is 1. The Kier molecular flexibility index (Phi) is 6.94. The molecule has 0 spiro atoms. The molecule has 2 N–H and O–H groups in total. The first-order valence-electron chi connectivity index (χ1n) is 10.6. The normalized spacial score (nSPS) is 18.2. The average molecular weight is 420 g/mol. The summed E-state index contributed by atoms with van der Waals surface area (Å²) in [5.41, 5.74) is 2.00. The molecule has 3 heterocycles. The Morgan fingerprint density at radius 3 is 2.79 bits per heavy atom. The van der Waals surface area contributed by atoms with Gasteiger partial charge in [0.15, 0.2) is 11.6 Å². The zero-order valence-corrected chi connectivity index (χ0v) is 17.8. The van der Waals surface area contributed by atoms with Crippen LogP contribution < -0.4 is 14.9 Å². The van der Waals surface area contributed by atoms with Crippen molar-refractivity contribution in [3.8, 4) is 11.1 Å². The van der Waals surface area contributed by atoms with Crippen molar-refractivity contribution in [3.63, 3.8) is 0 Å². The third-order valence-electron chi connectivity index (χ3n) is 5.48. The van der Waals surface area contributed by atoms with Crippen LogP contribution in [-0.2, 0) is 4.74 Å². The molecule has 8 heteroatoms. The third-order valence-corrected chi connectivity index (χ3v) is 6.46. The molecular formula is C21H30FN5OS. The van der Waals surface area contributed by atoms with Crippen LogP contribution in [-0.4, -0.2) is 54.9 Å². The molecule has 158 valence electrons. The summed E-state index contributed by atoms with van der Waals surface area (Å²) < 4.78 is 26.2. The molecular weight excluding hydrogens is 389 g/mol. The van der Waals surface area contributed by atoms with E-state index in [-0.39, 0.29) is 5.82 Å². The molecule has 2 fully saturated rings. The molecule has 1 aromatic heterocycles. The topological polar surface area (TPSA) is 54.4 Å². The summed E-state index contributed by atoms with van der Waals surface area (Å²) in [6, 6.07) is 5.93. The number of benzene rings is 1. The summed E-state index contributed by atoms with van der Waals surface area (Å²) in [4.78, 5) is 2.22. The molecule has 0 unspecified atom stereocenters. The van der Waals surface area contributed by atoms with Crippen LogP contribution >= 0.6 is 11.9 Å². The highest BCUT2D eigenvalue weighted by Crippen LogP contribution is 2.36. The van der Waals surface area contributed by atoms with Crippen LogP contribution in [0, 0.1) is 5.82 Å². The van der Waals surface area contributed by atoms with Crippen molar-refractivity contribution in [2.75, 3.05) is 54.8 Å². The Labute approximate surface area is 176 Å². The Hall–Kier alpha value is -1.77. The Bertz CT molecular complexity index is 802. The molecule has 6 nitrogen and oxygen atoms in total. The Balaban J connectivity index is 1.69. The monoisotopic (exact) mass is 419 g/mol. The minimum absolute atomic E-state index is 0.213. The third kappa shape index (κ3) is 4.70. The highest BCUT2D eigenvalue weighted by Gasteiger charge is 2.25. The van der Waals surface area contributed by atoms with Gasteiger partial charge in [-0.1, -0.05) is 31.0 Å². The molecule has 0 atom stereocenters. The van der Waals surface area contributed by atoms with Gasteiger partial charge in [-0.25, -0.2) is 4.39 Å². The SMILES string of the molecule is CCCSNc1cccc(-c2cn(C3CCNCC3)nc2N2CCOCC2)c1F. The lowest BCUT2D eigenvalue weighted by Crippen LogP contribution is -2.37. The lowest BCUT2D eigenvalue weighted by Gasteiger charge is -2.28. The number of nitrogens with one attached hydrogen (secondary N) is 2. The van der Waals surface area contributed by atoms with Gasteiger partial charge in [0.2, 0.25) is 0 Å². The van der Waals surface area contributed by atoms with Gasteiger partial charge in [0.25, 0.3) is 0 Å². The first kappa shape index (κ1) is 20.5. The number of halogens is 1. The first-order chi connectivity index (χ1) is 14.3. The fourth-order valence-corrected chi connectivity index (χ4v) is 4.51. The van der Waals surface area contributed by atoms with Crippen LogP contribution in [0.4, 0.5) is 15.9 Å². The lowest BCUT2D eigenvalue weighted by atomic mass is 10.1. The molecule has 2 aliphatic heterocycles.